The Bertz CT molecular complexity index is 611. The molecule has 27 heavy (non-hydrogen) atoms. The van der Waals surface area contributed by atoms with E-state index in [-0.39, 0.29) is 0 Å². The zero-order valence-electron chi connectivity index (χ0n) is 17.1. The van der Waals surface area contributed by atoms with E-state index in [0.717, 1.165) is 36.5 Å². The van der Waals surface area contributed by atoms with Gasteiger partial charge in [-0.05, 0) is 31.4 Å². The van der Waals surface area contributed by atoms with Crippen LogP contribution >= 0.6 is 0 Å². The monoisotopic (exact) mass is 369 g/mol. The van der Waals surface area contributed by atoms with Gasteiger partial charge in [-0.2, -0.15) is 0 Å². The van der Waals surface area contributed by atoms with Crippen LogP contribution in [-0.4, -0.2) is 21.6 Å². The first-order valence-electron chi connectivity index (χ1n) is 10.7. The summed E-state index contributed by atoms with van der Waals surface area (Å²) < 4.78 is 5.73. The van der Waals surface area contributed by atoms with E-state index in [0.29, 0.717) is 5.82 Å². The molecule has 2 rings (SSSR count). The molecule has 4 heteroatoms. The van der Waals surface area contributed by atoms with E-state index in [2.05, 4.69) is 40.9 Å². The first-order valence-corrected chi connectivity index (χ1v) is 10.7. The second-order valence-corrected chi connectivity index (χ2v) is 7.21. The van der Waals surface area contributed by atoms with Crippen LogP contribution < -0.4 is 4.74 Å². The van der Waals surface area contributed by atoms with Crippen molar-refractivity contribution in [3.8, 4) is 17.1 Å². The molecule has 0 radical (unpaired) electrons. The normalized spacial score (nSPS) is 10.9. The smallest absolute Gasteiger partial charge is 0.160 e. The van der Waals surface area contributed by atoms with Crippen LogP contribution in [0.5, 0.6) is 5.75 Å². The molecule has 0 aliphatic heterocycles. The van der Waals surface area contributed by atoms with E-state index in [1.54, 1.807) is 12.4 Å². The molecule has 0 spiro atoms. The zero-order chi connectivity index (χ0) is 19.2. The fourth-order valence-electron chi connectivity index (χ4n) is 3.05. The summed E-state index contributed by atoms with van der Waals surface area (Å²) in [6.45, 7) is 5.21. The minimum atomic E-state index is 0.701. The maximum absolute atomic E-state index is 5.73. The third-order valence-electron chi connectivity index (χ3n) is 4.76. The van der Waals surface area contributed by atoms with Crippen molar-refractivity contribution in [2.24, 2.45) is 0 Å². The Morgan fingerprint density at radius 3 is 2.00 bits per heavy atom. The molecular formula is C23H35N3O. The van der Waals surface area contributed by atoms with Gasteiger partial charge in [0, 0.05) is 17.5 Å². The molecular weight excluding hydrogens is 334 g/mol. The second kappa shape index (κ2) is 13.2. The Balaban J connectivity index is 1.74. The highest BCUT2D eigenvalue weighted by molar-refractivity contribution is 5.53. The van der Waals surface area contributed by atoms with Gasteiger partial charge in [0.15, 0.2) is 11.6 Å². The Labute approximate surface area is 164 Å². The molecule has 0 aliphatic carbocycles. The van der Waals surface area contributed by atoms with E-state index in [1.807, 2.05) is 6.20 Å². The fourth-order valence-corrected chi connectivity index (χ4v) is 3.05. The minimum absolute atomic E-state index is 0.701. The number of nitrogens with zero attached hydrogens (tertiary/aromatic N) is 3. The predicted octanol–water partition coefficient (Wildman–Crippen LogP) is 6.40. The summed E-state index contributed by atoms with van der Waals surface area (Å²) in [5.74, 6) is 1.44. The van der Waals surface area contributed by atoms with E-state index >= 15 is 0 Å². The minimum Gasteiger partial charge on any atom is -0.490 e. The van der Waals surface area contributed by atoms with Crippen molar-refractivity contribution in [3.63, 3.8) is 0 Å². The summed E-state index contributed by atoms with van der Waals surface area (Å²) in [6, 6.07) is 4.16. The average molecular weight is 370 g/mol. The van der Waals surface area contributed by atoms with Crippen molar-refractivity contribution in [2.75, 3.05) is 6.61 Å². The number of unbranched alkanes of at least 4 members (excludes halogenated alkanes) is 8. The standard InChI is InChI=1S/C23H35N3O/c1-3-5-7-9-11-13-21-15-14-20(17-24-21)23-25-18-22(19-26-23)27-16-12-10-8-6-4-2/h14-15,17-19H,3-13,16H2,1-2H3. The lowest BCUT2D eigenvalue weighted by atomic mass is 10.1. The summed E-state index contributed by atoms with van der Waals surface area (Å²) in [7, 11) is 0. The van der Waals surface area contributed by atoms with E-state index in [1.165, 1.54) is 57.8 Å². The lowest BCUT2D eigenvalue weighted by Gasteiger charge is -2.06. The number of aryl methyl sites for hydroxylation is 1. The van der Waals surface area contributed by atoms with Crippen molar-refractivity contribution in [3.05, 3.63) is 36.4 Å². The van der Waals surface area contributed by atoms with E-state index in [4.69, 9.17) is 4.74 Å². The van der Waals surface area contributed by atoms with Crippen LogP contribution in [0.4, 0.5) is 0 Å². The molecule has 2 aromatic heterocycles. The highest BCUT2D eigenvalue weighted by Gasteiger charge is 2.04. The van der Waals surface area contributed by atoms with Crippen molar-refractivity contribution >= 4 is 0 Å². The Morgan fingerprint density at radius 2 is 1.37 bits per heavy atom. The number of rotatable bonds is 14. The van der Waals surface area contributed by atoms with Gasteiger partial charge < -0.3 is 4.74 Å². The predicted molar refractivity (Wildman–Crippen MR) is 112 cm³/mol. The molecule has 0 saturated heterocycles. The van der Waals surface area contributed by atoms with Gasteiger partial charge in [0.2, 0.25) is 0 Å². The van der Waals surface area contributed by atoms with Crippen LogP contribution in [0.3, 0.4) is 0 Å². The molecule has 2 aromatic rings. The van der Waals surface area contributed by atoms with Crippen LogP contribution in [0, 0.1) is 0 Å². The fraction of sp³-hybridized carbons (Fsp3) is 0.609. The van der Waals surface area contributed by atoms with Gasteiger partial charge in [-0.15, -0.1) is 0 Å². The molecule has 0 aliphatic rings. The Kier molecular flexibility index (Phi) is 10.5. The molecule has 0 aromatic carbocycles. The molecule has 0 atom stereocenters. The summed E-state index contributed by atoms with van der Waals surface area (Å²) in [5, 5.41) is 0. The van der Waals surface area contributed by atoms with E-state index in [9.17, 15) is 0 Å². The summed E-state index contributed by atoms with van der Waals surface area (Å²) in [4.78, 5) is 13.4. The maximum atomic E-state index is 5.73. The maximum Gasteiger partial charge on any atom is 0.160 e. The van der Waals surface area contributed by atoms with Crippen LogP contribution in [0.2, 0.25) is 0 Å². The van der Waals surface area contributed by atoms with Gasteiger partial charge in [-0.1, -0.05) is 65.2 Å². The third kappa shape index (κ3) is 8.51. The largest absolute Gasteiger partial charge is 0.490 e. The summed E-state index contributed by atoms with van der Waals surface area (Å²) >= 11 is 0. The zero-order valence-corrected chi connectivity index (χ0v) is 17.1. The van der Waals surface area contributed by atoms with Crippen molar-refractivity contribution < 1.29 is 4.74 Å². The highest BCUT2D eigenvalue weighted by Crippen LogP contribution is 2.17. The van der Waals surface area contributed by atoms with Crippen LogP contribution in [-0.2, 0) is 6.42 Å². The SMILES string of the molecule is CCCCCCCOc1cnc(-c2ccc(CCCCCCC)nc2)nc1. The highest BCUT2D eigenvalue weighted by atomic mass is 16.5. The second-order valence-electron chi connectivity index (χ2n) is 7.21. The van der Waals surface area contributed by atoms with E-state index < -0.39 is 0 Å². The number of ether oxygens (including phenoxy) is 1. The lowest BCUT2D eigenvalue weighted by molar-refractivity contribution is 0.302. The Morgan fingerprint density at radius 1 is 0.704 bits per heavy atom. The molecule has 0 saturated carbocycles. The molecule has 2 heterocycles. The quantitative estimate of drug-likeness (QED) is 0.361. The first kappa shape index (κ1) is 21.3. The van der Waals surface area contributed by atoms with Crippen LogP contribution in [0.25, 0.3) is 11.4 Å². The molecule has 4 nitrogen and oxygen atoms in total. The molecule has 148 valence electrons. The topological polar surface area (TPSA) is 47.9 Å². The van der Waals surface area contributed by atoms with Crippen LogP contribution in [0.1, 0.15) is 83.7 Å². The van der Waals surface area contributed by atoms with Gasteiger partial charge >= 0.3 is 0 Å². The number of aromatic nitrogens is 3. The van der Waals surface area contributed by atoms with Gasteiger partial charge in [0.05, 0.1) is 19.0 Å². The molecule has 0 amide bonds. The molecule has 0 unspecified atom stereocenters. The van der Waals surface area contributed by atoms with Crippen molar-refractivity contribution in [2.45, 2.75) is 84.5 Å². The van der Waals surface area contributed by atoms with Gasteiger partial charge in [0.25, 0.3) is 0 Å². The molecule has 0 bridgehead atoms. The van der Waals surface area contributed by atoms with Crippen molar-refractivity contribution in [1.29, 1.82) is 0 Å². The average Bonchev–Trinajstić information content (AvgIpc) is 2.71. The third-order valence-corrected chi connectivity index (χ3v) is 4.76. The number of hydrogen-bond acceptors (Lipinski definition) is 4. The molecule has 0 fully saturated rings. The van der Waals surface area contributed by atoms with Crippen LogP contribution in [0.15, 0.2) is 30.7 Å². The van der Waals surface area contributed by atoms with Gasteiger partial charge in [0.1, 0.15) is 0 Å². The number of pyridine rings is 1. The van der Waals surface area contributed by atoms with Crippen molar-refractivity contribution in [1.82, 2.24) is 15.0 Å². The molecule has 0 N–H and O–H groups in total. The lowest BCUT2D eigenvalue weighted by Crippen LogP contribution is -1.99. The Hall–Kier alpha value is -1.97. The summed E-state index contributed by atoms with van der Waals surface area (Å²) in [5.41, 5.74) is 2.11. The van der Waals surface area contributed by atoms with Gasteiger partial charge in [-0.3, -0.25) is 4.98 Å². The number of hydrogen-bond donors (Lipinski definition) is 0. The van der Waals surface area contributed by atoms with Gasteiger partial charge in [-0.25, -0.2) is 9.97 Å². The summed E-state index contributed by atoms with van der Waals surface area (Å²) in [6.07, 6.45) is 19.1. The first-order chi connectivity index (χ1) is 13.3.